The monoisotopic (exact) mass is 280 g/mol. The largest absolute Gasteiger partial charge is 0.396 e. The highest BCUT2D eigenvalue weighted by Crippen LogP contribution is 2.16. The molecular weight excluding hydrogens is 259 g/mol. The van der Waals surface area contributed by atoms with Crippen LogP contribution in [0.4, 0.5) is 5.69 Å². The van der Waals surface area contributed by atoms with E-state index in [9.17, 15) is 0 Å². The van der Waals surface area contributed by atoms with Crippen LogP contribution in [0.3, 0.4) is 0 Å². The SMILES string of the molecule is CC(C)(N)CNc1ccccc1CCO.Cl.Cl. The number of aliphatic hydroxyl groups is 1. The molecular formula is C12H22Cl2N2O. The van der Waals surface area contributed by atoms with Crippen LogP contribution in [0.15, 0.2) is 24.3 Å². The van der Waals surface area contributed by atoms with Crippen molar-refractivity contribution < 1.29 is 5.11 Å². The maximum Gasteiger partial charge on any atom is 0.0472 e. The summed E-state index contributed by atoms with van der Waals surface area (Å²) in [6.45, 7) is 4.85. The topological polar surface area (TPSA) is 58.3 Å². The Bertz CT molecular complexity index is 314. The van der Waals surface area contributed by atoms with Crippen molar-refractivity contribution in [2.45, 2.75) is 25.8 Å². The molecule has 0 unspecified atom stereocenters. The van der Waals surface area contributed by atoms with Gasteiger partial charge in [-0.15, -0.1) is 24.8 Å². The molecule has 0 aliphatic rings. The van der Waals surface area contributed by atoms with Gasteiger partial charge in [0.25, 0.3) is 0 Å². The molecule has 0 saturated heterocycles. The molecule has 4 N–H and O–H groups in total. The van der Waals surface area contributed by atoms with Gasteiger partial charge in [0.2, 0.25) is 0 Å². The Morgan fingerprint density at radius 2 is 1.82 bits per heavy atom. The molecule has 1 rings (SSSR count). The van der Waals surface area contributed by atoms with Crippen molar-refractivity contribution in [2.24, 2.45) is 5.73 Å². The molecule has 0 aliphatic carbocycles. The number of para-hydroxylation sites is 1. The first-order chi connectivity index (χ1) is 7.03. The average molecular weight is 281 g/mol. The van der Waals surface area contributed by atoms with Crippen molar-refractivity contribution in [3.63, 3.8) is 0 Å². The molecule has 3 nitrogen and oxygen atoms in total. The third-order valence-corrected chi connectivity index (χ3v) is 2.13. The second kappa shape index (κ2) is 8.59. The van der Waals surface area contributed by atoms with Crippen molar-refractivity contribution in [1.29, 1.82) is 0 Å². The number of nitrogens with one attached hydrogen (secondary N) is 1. The number of halogens is 2. The summed E-state index contributed by atoms with van der Waals surface area (Å²) in [5.41, 5.74) is 7.85. The Labute approximate surface area is 116 Å². The van der Waals surface area contributed by atoms with E-state index in [0.29, 0.717) is 6.42 Å². The zero-order chi connectivity index (χ0) is 11.3. The summed E-state index contributed by atoms with van der Waals surface area (Å²) in [5, 5.41) is 12.2. The predicted octanol–water partition coefficient (Wildman–Crippen LogP) is 2.21. The fraction of sp³-hybridized carbons (Fsp3) is 0.500. The molecule has 0 radical (unpaired) electrons. The molecule has 17 heavy (non-hydrogen) atoms. The third-order valence-electron chi connectivity index (χ3n) is 2.13. The van der Waals surface area contributed by atoms with E-state index >= 15 is 0 Å². The standard InChI is InChI=1S/C12H20N2O.2ClH/c1-12(2,13)9-14-11-6-4-3-5-10(11)7-8-15;;/h3-6,14-15H,7-9,13H2,1-2H3;2*1H. The van der Waals surface area contributed by atoms with Crippen molar-refractivity contribution in [3.8, 4) is 0 Å². The second-order valence-electron chi connectivity index (χ2n) is 4.47. The van der Waals surface area contributed by atoms with Gasteiger partial charge in [-0.25, -0.2) is 0 Å². The van der Waals surface area contributed by atoms with Crippen molar-refractivity contribution in [3.05, 3.63) is 29.8 Å². The van der Waals surface area contributed by atoms with Crippen molar-refractivity contribution in [2.75, 3.05) is 18.5 Å². The second-order valence-corrected chi connectivity index (χ2v) is 4.47. The molecule has 1 aromatic rings. The van der Waals surface area contributed by atoms with E-state index in [4.69, 9.17) is 10.8 Å². The number of aliphatic hydroxyl groups excluding tert-OH is 1. The molecule has 0 aliphatic heterocycles. The molecule has 0 bridgehead atoms. The van der Waals surface area contributed by atoms with Crippen LogP contribution in [0.2, 0.25) is 0 Å². The van der Waals surface area contributed by atoms with E-state index in [1.165, 1.54) is 0 Å². The minimum atomic E-state index is -0.230. The highest BCUT2D eigenvalue weighted by Gasteiger charge is 2.10. The first-order valence-electron chi connectivity index (χ1n) is 5.24. The van der Waals surface area contributed by atoms with Crippen LogP contribution in [0, 0.1) is 0 Å². The van der Waals surface area contributed by atoms with E-state index in [2.05, 4.69) is 5.32 Å². The predicted molar refractivity (Wildman–Crippen MR) is 78.5 cm³/mol. The zero-order valence-electron chi connectivity index (χ0n) is 10.3. The van der Waals surface area contributed by atoms with Crippen LogP contribution >= 0.6 is 24.8 Å². The van der Waals surface area contributed by atoms with Crippen LogP contribution < -0.4 is 11.1 Å². The molecule has 0 spiro atoms. The maximum atomic E-state index is 8.92. The van der Waals surface area contributed by atoms with Gasteiger partial charge in [-0.1, -0.05) is 18.2 Å². The highest BCUT2D eigenvalue weighted by molar-refractivity contribution is 5.85. The lowest BCUT2D eigenvalue weighted by Crippen LogP contribution is -2.39. The molecule has 0 amide bonds. The zero-order valence-corrected chi connectivity index (χ0v) is 11.9. The van der Waals surface area contributed by atoms with Gasteiger partial charge in [-0.05, 0) is 31.9 Å². The third kappa shape index (κ3) is 7.45. The fourth-order valence-corrected chi connectivity index (χ4v) is 1.35. The smallest absolute Gasteiger partial charge is 0.0472 e. The van der Waals surface area contributed by atoms with E-state index < -0.39 is 0 Å². The molecule has 1 aromatic carbocycles. The van der Waals surface area contributed by atoms with Gasteiger partial charge in [0.15, 0.2) is 0 Å². The molecule has 5 heteroatoms. The van der Waals surface area contributed by atoms with Gasteiger partial charge in [0.05, 0.1) is 0 Å². The van der Waals surface area contributed by atoms with Crippen LogP contribution in [0.1, 0.15) is 19.4 Å². The van der Waals surface area contributed by atoms with Gasteiger partial charge in [-0.2, -0.15) is 0 Å². The lowest BCUT2D eigenvalue weighted by Gasteiger charge is -2.21. The molecule has 0 fully saturated rings. The van der Waals surface area contributed by atoms with Crippen LogP contribution in [-0.2, 0) is 6.42 Å². The van der Waals surface area contributed by atoms with Gasteiger partial charge >= 0.3 is 0 Å². The minimum Gasteiger partial charge on any atom is -0.396 e. The number of anilines is 1. The Balaban J connectivity index is 0. The van der Waals surface area contributed by atoms with Gasteiger partial charge in [0, 0.05) is 24.4 Å². The number of benzene rings is 1. The first-order valence-corrected chi connectivity index (χ1v) is 5.24. The fourth-order valence-electron chi connectivity index (χ4n) is 1.35. The molecule has 0 saturated carbocycles. The Morgan fingerprint density at radius 3 is 2.35 bits per heavy atom. The molecule has 0 aromatic heterocycles. The van der Waals surface area contributed by atoms with E-state index in [1.54, 1.807) is 0 Å². The first kappa shape index (κ1) is 18.9. The summed E-state index contributed by atoms with van der Waals surface area (Å²) in [5.74, 6) is 0. The van der Waals surface area contributed by atoms with Crippen molar-refractivity contribution >= 4 is 30.5 Å². The number of hydrogen-bond donors (Lipinski definition) is 3. The normalized spacial score (nSPS) is 10.1. The van der Waals surface area contributed by atoms with Crippen molar-refractivity contribution in [1.82, 2.24) is 0 Å². The Hall–Kier alpha value is -0.480. The van der Waals surface area contributed by atoms with Gasteiger partial charge < -0.3 is 16.2 Å². The van der Waals surface area contributed by atoms with Gasteiger partial charge in [0.1, 0.15) is 0 Å². The summed E-state index contributed by atoms with van der Waals surface area (Å²) in [7, 11) is 0. The van der Waals surface area contributed by atoms with Gasteiger partial charge in [-0.3, -0.25) is 0 Å². The molecule has 100 valence electrons. The Kier molecular flexibility index (Phi) is 9.53. The minimum absolute atomic E-state index is 0. The van der Waals surface area contributed by atoms with Crippen LogP contribution in [0.25, 0.3) is 0 Å². The van der Waals surface area contributed by atoms with E-state index in [1.807, 2.05) is 38.1 Å². The van der Waals surface area contributed by atoms with Crippen LogP contribution in [0.5, 0.6) is 0 Å². The highest BCUT2D eigenvalue weighted by atomic mass is 35.5. The van der Waals surface area contributed by atoms with E-state index in [-0.39, 0.29) is 37.0 Å². The number of hydrogen-bond acceptors (Lipinski definition) is 3. The average Bonchev–Trinajstić information content (AvgIpc) is 2.16. The number of nitrogens with two attached hydrogens (primary N) is 1. The summed E-state index contributed by atoms with van der Waals surface area (Å²) in [6, 6.07) is 7.98. The number of rotatable bonds is 5. The van der Waals surface area contributed by atoms with E-state index in [0.717, 1.165) is 17.8 Å². The summed E-state index contributed by atoms with van der Waals surface area (Å²) < 4.78 is 0. The lowest BCUT2D eigenvalue weighted by atomic mass is 10.1. The Morgan fingerprint density at radius 1 is 1.24 bits per heavy atom. The quantitative estimate of drug-likeness (QED) is 0.775. The summed E-state index contributed by atoms with van der Waals surface area (Å²) >= 11 is 0. The van der Waals surface area contributed by atoms with Crippen LogP contribution in [-0.4, -0.2) is 23.8 Å². The maximum absolute atomic E-state index is 8.92. The molecule has 0 atom stereocenters. The molecule has 0 heterocycles. The summed E-state index contributed by atoms with van der Waals surface area (Å²) in [6.07, 6.45) is 0.675. The summed E-state index contributed by atoms with van der Waals surface area (Å²) in [4.78, 5) is 0. The lowest BCUT2D eigenvalue weighted by molar-refractivity contribution is 0.300.